The standard InChI is InChI=1S/C10H16N4S/c1-6(2)8-9-10(13-7(3)12-8)11-4-5-15-14-9/h6,14H,4-5H2,1-3H3,(H,11,12,13). The predicted molar refractivity (Wildman–Crippen MR) is 65.4 cm³/mol. The summed E-state index contributed by atoms with van der Waals surface area (Å²) < 4.78 is 3.33. The summed E-state index contributed by atoms with van der Waals surface area (Å²) in [6, 6.07) is 0. The first-order chi connectivity index (χ1) is 7.18. The lowest BCUT2D eigenvalue weighted by molar-refractivity contribution is 0.807. The van der Waals surface area contributed by atoms with Gasteiger partial charge in [0.1, 0.15) is 11.5 Å². The molecule has 4 nitrogen and oxygen atoms in total. The van der Waals surface area contributed by atoms with Crippen LogP contribution in [0.2, 0.25) is 0 Å². The Morgan fingerprint density at radius 1 is 1.33 bits per heavy atom. The number of nitrogens with one attached hydrogen (secondary N) is 2. The number of rotatable bonds is 1. The van der Waals surface area contributed by atoms with E-state index in [4.69, 9.17) is 0 Å². The highest BCUT2D eigenvalue weighted by Crippen LogP contribution is 2.32. The minimum Gasteiger partial charge on any atom is -0.367 e. The number of aromatic nitrogens is 2. The average Bonchev–Trinajstić information content (AvgIpc) is 2.41. The zero-order chi connectivity index (χ0) is 10.8. The Kier molecular flexibility index (Phi) is 3.00. The molecule has 0 saturated carbocycles. The molecule has 0 fully saturated rings. The van der Waals surface area contributed by atoms with Crippen molar-refractivity contribution in [1.29, 1.82) is 0 Å². The van der Waals surface area contributed by atoms with Crippen LogP contribution >= 0.6 is 11.9 Å². The monoisotopic (exact) mass is 224 g/mol. The molecule has 0 radical (unpaired) electrons. The number of aryl methyl sites for hydroxylation is 1. The van der Waals surface area contributed by atoms with Crippen molar-refractivity contribution in [1.82, 2.24) is 9.97 Å². The number of nitrogens with zero attached hydrogens (tertiary/aromatic N) is 2. The number of fused-ring (bicyclic) bond motifs is 1. The van der Waals surface area contributed by atoms with Gasteiger partial charge >= 0.3 is 0 Å². The number of anilines is 2. The van der Waals surface area contributed by atoms with Gasteiger partial charge in [0.2, 0.25) is 0 Å². The Balaban J connectivity index is 2.50. The molecule has 0 aliphatic carbocycles. The van der Waals surface area contributed by atoms with Crippen LogP contribution in [0, 0.1) is 6.92 Å². The summed E-state index contributed by atoms with van der Waals surface area (Å²) >= 11 is 1.70. The molecule has 2 heterocycles. The van der Waals surface area contributed by atoms with E-state index in [1.54, 1.807) is 11.9 Å². The maximum atomic E-state index is 4.50. The molecule has 0 bridgehead atoms. The van der Waals surface area contributed by atoms with Crippen molar-refractivity contribution < 1.29 is 0 Å². The largest absolute Gasteiger partial charge is 0.367 e. The van der Waals surface area contributed by atoms with E-state index in [1.807, 2.05) is 6.92 Å². The SMILES string of the molecule is Cc1nc2c(c(C(C)C)n1)NSCCN2. The van der Waals surface area contributed by atoms with Gasteiger partial charge in [0.05, 0.1) is 5.69 Å². The van der Waals surface area contributed by atoms with Crippen LogP contribution in [0.4, 0.5) is 11.5 Å². The van der Waals surface area contributed by atoms with Crippen LogP contribution in [0.15, 0.2) is 0 Å². The highest BCUT2D eigenvalue weighted by atomic mass is 32.2. The van der Waals surface area contributed by atoms with E-state index in [9.17, 15) is 0 Å². The number of hydrogen-bond donors (Lipinski definition) is 2. The second-order valence-electron chi connectivity index (χ2n) is 3.91. The predicted octanol–water partition coefficient (Wildman–Crippen LogP) is 2.39. The van der Waals surface area contributed by atoms with E-state index in [0.29, 0.717) is 5.92 Å². The normalized spacial score (nSPS) is 15.2. The van der Waals surface area contributed by atoms with Gasteiger partial charge in [-0.2, -0.15) is 0 Å². The first-order valence-corrected chi connectivity index (χ1v) is 6.17. The van der Waals surface area contributed by atoms with Crippen LogP contribution < -0.4 is 10.0 Å². The van der Waals surface area contributed by atoms with Crippen molar-refractivity contribution >= 4 is 23.5 Å². The summed E-state index contributed by atoms with van der Waals surface area (Å²) in [7, 11) is 0. The summed E-state index contributed by atoms with van der Waals surface area (Å²) in [5, 5.41) is 3.33. The second-order valence-corrected chi connectivity index (χ2v) is 4.81. The zero-order valence-electron chi connectivity index (χ0n) is 9.29. The quantitative estimate of drug-likeness (QED) is 0.717. The van der Waals surface area contributed by atoms with Crippen molar-refractivity contribution in [2.24, 2.45) is 0 Å². The fourth-order valence-electron chi connectivity index (χ4n) is 1.58. The van der Waals surface area contributed by atoms with E-state index in [1.165, 1.54) is 0 Å². The van der Waals surface area contributed by atoms with Crippen molar-refractivity contribution in [2.75, 3.05) is 22.3 Å². The highest BCUT2D eigenvalue weighted by molar-refractivity contribution is 8.00. The smallest absolute Gasteiger partial charge is 0.154 e. The fourth-order valence-corrected chi connectivity index (χ4v) is 2.24. The average molecular weight is 224 g/mol. The van der Waals surface area contributed by atoms with Crippen LogP contribution in [0.1, 0.15) is 31.3 Å². The Morgan fingerprint density at radius 2 is 2.13 bits per heavy atom. The molecule has 0 unspecified atom stereocenters. The summed E-state index contributed by atoms with van der Waals surface area (Å²) in [6.07, 6.45) is 0. The van der Waals surface area contributed by atoms with Gasteiger partial charge in [-0.25, -0.2) is 9.97 Å². The molecule has 5 heteroatoms. The molecule has 1 aromatic rings. The molecule has 1 aliphatic rings. The lowest BCUT2D eigenvalue weighted by Gasteiger charge is -2.14. The fraction of sp³-hybridized carbons (Fsp3) is 0.600. The van der Waals surface area contributed by atoms with Gasteiger partial charge in [-0.3, -0.25) is 0 Å². The van der Waals surface area contributed by atoms with Crippen molar-refractivity contribution in [3.63, 3.8) is 0 Å². The van der Waals surface area contributed by atoms with Crippen molar-refractivity contribution in [3.8, 4) is 0 Å². The van der Waals surface area contributed by atoms with Crippen molar-refractivity contribution in [3.05, 3.63) is 11.5 Å². The molecule has 0 saturated heterocycles. The van der Waals surface area contributed by atoms with Gasteiger partial charge in [-0.15, -0.1) is 0 Å². The van der Waals surface area contributed by atoms with Gasteiger partial charge in [0, 0.05) is 12.3 Å². The summed E-state index contributed by atoms with van der Waals surface area (Å²) in [6.45, 7) is 7.18. The molecule has 82 valence electrons. The molecule has 15 heavy (non-hydrogen) atoms. The Morgan fingerprint density at radius 3 is 2.87 bits per heavy atom. The maximum absolute atomic E-state index is 4.50. The minimum atomic E-state index is 0.411. The molecule has 2 rings (SSSR count). The topological polar surface area (TPSA) is 49.8 Å². The van der Waals surface area contributed by atoms with E-state index >= 15 is 0 Å². The van der Waals surface area contributed by atoms with E-state index in [2.05, 4.69) is 33.9 Å². The van der Waals surface area contributed by atoms with E-state index < -0.39 is 0 Å². The maximum Gasteiger partial charge on any atom is 0.154 e. The lowest BCUT2D eigenvalue weighted by atomic mass is 10.1. The van der Waals surface area contributed by atoms with Gasteiger partial charge in [0.15, 0.2) is 5.82 Å². The summed E-state index contributed by atoms with van der Waals surface area (Å²) in [5.74, 6) is 3.22. The van der Waals surface area contributed by atoms with Gasteiger partial charge < -0.3 is 10.0 Å². The van der Waals surface area contributed by atoms with E-state index in [-0.39, 0.29) is 0 Å². The zero-order valence-corrected chi connectivity index (χ0v) is 10.1. The van der Waals surface area contributed by atoms with E-state index in [0.717, 1.165) is 35.3 Å². The Labute approximate surface area is 94.4 Å². The minimum absolute atomic E-state index is 0.411. The van der Waals surface area contributed by atoms with Crippen LogP contribution in [0.3, 0.4) is 0 Å². The van der Waals surface area contributed by atoms with Crippen LogP contribution in [0.5, 0.6) is 0 Å². The Bertz CT molecular complexity index is 365. The third kappa shape index (κ3) is 2.17. The number of hydrogen-bond acceptors (Lipinski definition) is 5. The van der Waals surface area contributed by atoms with Crippen LogP contribution in [0.25, 0.3) is 0 Å². The van der Waals surface area contributed by atoms with Gasteiger partial charge in [-0.05, 0) is 12.8 Å². The molecule has 0 spiro atoms. The second kappa shape index (κ2) is 4.26. The first-order valence-electron chi connectivity index (χ1n) is 5.18. The molecular formula is C10H16N4S. The third-order valence-electron chi connectivity index (χ3n) is 2.27. The molecule has 0 aromatic carbocycles. The third-order valence-corrected chi connectivity index (χ3v) is 3.02. The molecule has 0 amide bonds. The molecule has 0 atom stereocenters. The summed E-state index contributed by atoms with van der Waals surface area (Å²) in [4.78, 5) is 8.92. The lowest BCUT2D eigenvalue weighted by Crippen LogP contribution is -2.08. The highest BCUT2D eigenvalue weighted by Gasteiger charge is 2.17. The van der Waals surface area contributed by atoms with Crippen LogP contribution in [-0.2, 0) is 0 Å². The summed E-state index contributed by atoms with van der Waals surface area (Å²) in [5.41, 5.74) is 2.15. The van der Waals surface area contributed by atoms with Crippen LogP contribution in [-0.4, -0.2) is 22.3 Å². The molecule has 1 aliphatic heterocycles. The van der Waals surface area contributed by atoms with Gasteiger partial charge in [0.25, 0.3) is 0 Å². The molecule has 2 N–H and O–H groups in total. The van der Waals surface area contributed by atoms with Crippen molar-refractivity contribution in [2.45, 2.75) is 26.7 Å². The van der Waals surface area contributed by atoms with Gasteiger partial charge in [-0.1, -0.05) is 25.8 Å². The first kappa shape index (κ1) is 10.5. The molecule has 1 aromatic heterocycles. The Hall–Kier alpha value is -0.970. The molecular weight excluding hydrogens is 208 g/mol.